The maximum Gasteiger partial charge on any atom is 0.530 e. The number of hydrogen-bond donors (Lipinski definition) is 0. The second-order valence-corrected chi connectivity index (χ2v) is 5.73. The van der Waals surface area contributed by atoms with Gasteiger partial charge in [0.2, 0.25) is 0 Å². The number of phosphoric ester groups is 1. The molecule has 19 heavy (non-hydrogen) atoms. The highest BCUT2D eigenvalue weighted by molar-refractivity contribution is 7.48. The van der Waals surface area contributed by atoms with Crippen molar-refractivity contribution >= 4 is 13.9 Å². The van der Waals surface area contributed by atoms with E-state index < -0.39 is 7.82 Å². The molecule has 1 aliphatic rings. The number of allylic oxidation sites excluding steroid dienone is 1. The van der Waals surface area contributed by atoms with Crippen LogP contribution in [0, 0.1) is 0 Å². The van der Waals surface area contributed by atoms with Crippen LogP contribution in [0.5, 0.6) is 5.75 Å². The van der Waals surface area contributed by atoms with Gasteiger partial charge in [-0.05, 0) is 38.3 Å². The number of benzene rings is 1. The molecule has 0 aliphatic heterocycles. The second-order valence-electron chi connectivity index (χ2n) is 4.14. The third-order valence-electron chi connectivity index (χ3n) is 2.81. The molecular formula is C14H19O4P. The summed E-state index contributed by atoms with van der Waals surface area (Å²) < 4.78 is 28.3. The van der Waals surface area contributed by atoms with E-state index in [2.05, 4.69) is 12.2 Å². The molecule has 1 aromatic rings. The summed E-state index contributed by atoms with van der Waals surface area (Å²) in [6.07, 6.45) is 6.01. The summed E-state index contributed by atoms with van der Waals surface area (Å²) in [5, 5.41) is 0. The summed E-state index contributed by atoms with van der Waals surface area (Å²) >= 11 is 0. The Morgan fingerprint density at radius 1 is 1.21 bits per heavy atom. The molecule has 0 saturated carbocycles. The lowest BCUT2D eigenvalue weighted by molar-refractivity contribution is 0.167. The van der Waals surface area contributed by atoms with E-state index in [1.165, 1.54) is 0 Å². The van der Waals surface area contributed by atoms with Crippen LogP contribution in [0.4, 0.5) is 0 Å². The normalized spacial score (nSPS) is 14.2. The molecule has 0 amide bonds. The van der Waals surface area contributed by atoms with E-state index >= 15 is 0 Å². The van der Waals surface area contributed by atoms with Crippen LogP contribution in [-0.2, 0) is 20.0 Å². The summed E-state index contributed by atoms with van der Waals surface area (Å²) in [5.41, 5.74) is 2.16. The maximum atomic E-state index is 12.4. The van der Waals surface area contributed by atoms with Crippen LogP contribution in [0.3, 0.4) is 0 Å². The van der Waals surface area contributed by atoms with Crippen molar-refractivity contribution in [3.8, 4) is 5.75 Å². The van der Waals surface area contributed by atoms with Crippen molar-refractivity contribution in [1.29, 1.82) is 0 Å². The largest absolute Gasteiger partial charge is 0.530 e. The van der Waals surface area contributed by atoms with Crippen LogP contribution in [0.1, 0.15) is 31.4 Å². The minimum absolute atomic E-state index is 0.284. The molecule has 1 aliphatic carbocycles. The van der Waals surface area contributed by atoms with Gasteiger partial charge in [-0.25, -0.2) is 4.57 Å². The van der Waals surface area contributed by atoms with E-state index in [-0.39, 0.29) is 13.2 Å². The molecule has 1 aromatic carbocycles. The minimum Gasteiger partial charge on any atom is -0.404 e. The van der Waals surface area contributed by atoms with Crippen molar-refractivity contribution in [2.24, 2.45) is 0 Å². The van der Waals surface area contributed by atoms with Crippen LogP contribution in [0.2, 0.25) is 0 Å². The van der Waals surface area contributed by atoms with Gasteiger partial charge >= 0.3 is 7.82 Å². The molecule has 104 valence electrons. The Hall–Kier alpha value is -1.09. The molecule has 0 fully saturated rings. The van der Waals surface area contributed by atoms with Gasteiger partial charge in [0, 0.05) is 5.56 Å². The summed E-state index contributed by atoms with van der Waals surface area (Å²) in [5.74, 6) is 0.590. The number of rotatable bonds is 6. The van der Waals surface area contributed by atoms with Crippen molar-refractivity contribution in [3.05, 3.63) is 35.4 Å². The Balaban J connectivity index is 2.27. The third-order valence-corrected chi connectivity index (χ3v) is 4.38. The standard InChI is InChI=1S/C14H19O4P/c1-3-16-19(15,17-4-2)18-14-11-7-9-12-8-5-6-10-13(12)14/h5,7-9,11H,3-4,6,10H2,1-2H3. The first kappa shape index (κ1) is 14.3. The molecule has 0 bridgehead atoms. The minimum atomic E-state index is -3.51. The molecule has 2 rings (SSSR count). The van der Waals surface area contributed by atoms with Gasteiger partial charge in [-0.15, -0.1) is 0 Å². The van der Waals surface area contributed by atoms with Gasteiger partial charge in [0.15, 0.2) is 0 Å². The Morgan fingerprint density at radius 2 is 1.95 bits per heavy atom. The van der Waals surface area contributed by atoms with Gasteiger partial charge in [-0.1, -0.05) is 24.3 Å². The lowest BCUT2D eigenvalue weighted by Gasteiger charge is -2.20. The average Bonchev–Trinajstić information content (AvgIpc) is 2.39. The first-order valence-electron chi connectivity index (χ1n) is 6.55. The van der Waals surface area contributed by atoms with Crippen LogP contribution < -0.4 is 4.52 Å². The van der Waals surface area contributed by atoms with Crippen molar-refractivity contribution in [1.82, 2.24) is 0 Å². The lowest BCUT2D eigenvalue weighted by atomic mass is 9.97. The Morgan fingerprint density at radius 3 is 2.63 bits per heavy atom. The zero-order chi connectivity index (χ0) is 13.7. The molecule has 0 N–H and O–H groups in total. The molecule has 0 aromatic heterocycles. The van der Waals surface area contributed by atoms with E-state index in [0.717, 1.165) is 24.0 Å². The fourth-order valence-corrected chi connectivity index (χ4v) is 3.28. The monoisotopic (exact) mass is 282 g/mol. The topological polar surface area (TPSA) is 44.8 Å². The predicted octanol–water partition coefficient (Wildman–Crippen LogP) is 4.21. The number of phosphoric acid groups is 1. The van der Waals surface area contributed by atoms with Gasteiger partial charge in [-0.3, -0.25) is 9.05 Å². The summed E-state index contributed by atoms with van der Waals surface area (Å²) in [4.78, 5) is 0. The average molecular weight is 282 g/mol. The summed E-state index contributed by atoms with van der Waals surface area (Å²) in [7, 11) is -3.51. The summed E-state index contributed by atoms with van der Waals surface area (Å²) in [6.45, 7) is 4.09. The highest BCUT2D eigenvalue weighted by atomic mass is 31.2. The fraction of sp³-hybridized carbons (Fsp3) is 0.429. The quantitative estimate of drug-likeness (QED) is 0.733. The molecule has 4 nitrogen and oxygen atoms in total. The van der Waals surface area contributed by atoms with Crippen molar-refractivity contribution < 1.29 is 18.1 Å². The van der Waals surface area contributed by atoms with E-state index in [9.17, 15) is 4.57 Å². The van der Waals surface area contributed by atoms with Crippen LogP contribution >= 0.6 is 7.82 Å². The molecule has 0 saturated heterocycles. The molecular weight excluding hydrogens is 263 g/mol. The highest BCUT2D eigenvalue weighted by Crippen LogP contribution is 2.50. The smallest absolute Gasteiger partial charge is 0.404 e. The molecule has 0 unspecified atom stereocenters. The zero-order valence-electron chi connectivity index (χ0n) is 11.3. The molecule has 0 radical (unpaired) electrons. The van der Waals surface area contributed by atoms with Crippen LogP contribution in [0.15, 0.2) is 24.3 Å². The van der Waals surface area contributed by atoms with Gasteiger partial charge in [-0.2, -0.15) is 0 Å². The maximum absolute atomic E-state index is 12.4. The summed E-state index contributed by atoms with van der Waals surface area (Å²) in [6, 6.07) is 5.71. The SMILES string of the molecule is CCOP(=O)(OCC)Oc1cccc2c1CCC=C2. The Kier molecular flexibility index (Phi) is 4.81. The molecule has 0 atom stereocenters. The lowest BCUT2D eigenvalue weighted by Crippen LogP contribution is -2.05. The molecule has 0 heterocycles. The first-order chi connectivity index (χ1) is 9.18. The Bertz CT molecular complexity index is 500. The third kappa shape index (κ3) is 3.47. The van der Waals surface area contributed by atoms with E-state index in [1.54, 1.807) is 13.8 Å². The van der Waals surface area contributed by atoms with E-state index in [0.29, 0.717) is 5.75 Å². The van der Waals surface area contributed by atoms with Crippen molar-refractivity contribution in [2.45, 2.75) is 26.7 Å². The zero-order valence-corrected chi connectivity index (χ0v) is 12.2. The fourth-order valence-electron chi connectivity index (χ4n) is 2.06. The molecule has 0 spiro atoms. The second kappa shape index (κ2) is 6.38. The number of hydrogen-bond acceptors (Lipinski definition) is 4. The molecule has 5 heteroatoms. The van der Waals surface area contributed by atoms with Crippen LogP contribution in [-0.4, -0.2) is 13.2 Å². The first-order valence-corrected chi connectivity index (χ1v) is 8.01. The predicted molar refractivity (Wildman–Crippen MR) is 75.3 cm³/mol. The number of fused-ring (bicyclic) bond motifs is 1. The van der Waals surface area contributed by atoms with Gasteiger partial charge < -0.3 is 4.52 Å². The van der Waals surface area contributed by atoms with Crippen LogP contribution in [0.25, 0.3) is 6.08 Å². The van der Waals surface area contributed by atoms with Gasteiger partial charge in [0.25, 0.3) is 0 Å². The highest BCUT2D eigenvalue weighted by Gasteiger charge is 2.28. The van der Waals surface area contributed by atoms with Gasteiger partial charge in [0.05, 0.1) is 13.2 Å². The van der Waals surface area contributed by atoms with Crippen molar-refractivity contribution in [3.63, 3.8) is 0 Å². The Labute approximate surface area is 114 Å². The van der Waals surface area contributed by atoms with E-state index in [1.807, 2.05) is 18.2 Å². The van der Waals surface area contributed by atoms with Gasteiger partial charge in [0.1, 0.15) is 5.75 Å². The van der Waals surface area contributed by atoms with E-state index in [4.69, 9.17) is 13.6 Å². The van der Waals surface area contributed by atoms with Crippen molar-refractivity contribution in [2.75, 3.05) is 13.2 Å².